The first-order chi connectivity index (χ1) is 9.65. The molecule has 1 fully saturated rings. The molecule has 0 aliphatic carbocycles. The molecule has 4 heteroatoms. The van der Waals surface area contributed by atoms with Gasteiger partial charge in [-0.3, -0.25) is 4.90 Å². The molecule has 0 radical (unpaired) electrons. The summed E-state index contributed by atoms with van der Waals surface area (Å²) in [5.74, 6) is 1.01. The topological polar surface area (TPSA) is 41.9 Å². The summed E-state index contributed by atoms with van der Waals surface area (Å²) < 4.78 is 11.3. The zero-order valence-corrected chi connectivity index (χ0v) is 12.0. The van der Waals surface area contributed by atoms with Crippen molar-refractivity contribution in [1.82, 2.24) is 4.90 Å². The van der Waals surface area contributed by atoms with Crippen LogP contribution in [0.3, 0.4) is 0 Å². The van der Waals surface area contributed by atoms with Crippen molar-refractivity contribution in [3.63, 3.8) is 0 Å². The Morgan fingerprint density at radius 2 is 2.05 bits per heavy atom. The van der Waals surface area contributed by atoms with Crippen molar-refractivity contribution in [2.45, 2.75) is 31.0 Å². The second-order valence-corrected chi connectivity index (χ2v) is 6.09. The van der Waals surface area contributed by atoms with Gasteiger partial charge < -0.3 is 14.6 Å². The van der Waals surface area contributed by atoms with E-state index in [2.05, 4.69) is 24.1 Å². The minimum atomic E-state index is -0.599. The van der Waals surface area contributed by atoms with Gasteiger partial charge in [-0.05, 0) is 18.7 Å². The van der Waals surface area contributed by atoms with Crippen molar-refractivity contribution >= 4 is 0 Å². The van der Waals surface area contributed by atoms with Crippen molar-refractivity contribution in [2.75, 3.05) is 33.4 Å². The summed E-state index contributed by atoms with van der Waals surface area (Å²) >= 11 is 0. The number of nitrogens with zero attached hydrogens (tertiary/aromatic N) is 1. The zero-order chi connectivity index (χ0) is 14.0. The maximum absolute atomic E-state index is 10.5. The van der Waals surface area contributed by atoms with Crippen molar-refractivity contribution < 1.29 is 14.6 Å². The van der Waals surface area contributed by atoms with Gasteiger partial charge in [-0.2, -0.15) is 0 Å². The molecule has 1 aromatic carbocycles. The maximum atomic E-state index is 10.5. The fraction of sp³-hybridized carbons (Fsp3) is 0.625. The van der Waals surface area contributed by atoms with Gasteiger partial charge in [0, 0.05) is 45.6 Å². The molecule has 0 spiro atoms. The fourth-order valence-corrected chi connectivity index (χ4v) is 3.18. The molecule has 0 bridgehead atoms. The number of likely N-dealkylation sites (N-methyl/N-ethyl adjacent to an activating group) is 1. The molecule has 1 N–H and O–H groups in total. The number of hydrogen-bond donors (Lipinski definition) is 1. The van der Waals surface area contributed by atoms with Crippen LogP contribution >= 0.6 is 0 Å². The lowest BCUT2D eigenvalue weighted by Crippen LogP contribution is -2.47. The predicted molar refractivity (Wildman–Crippen MR) is 77.1 cm³/mol. The third-order valence-electron chi connectivity index (χ3n) is 4.22. The summed E-state index contributed by atoms with van der Waals surface area (Å²) in [5.41, 5.74) is 0.689. The van der Waals surface area contributed by atoms with Crippen molar-refractivity contribution in [2.24, 2.45) is 0 Å². The molecule has 1 unspecified atom stereocenters. The molecule has 20 heavy (non-hydrogen) atoms. The molecule has 4 nitrogen and oxygen atoms in total. The summed E-state index contributed by atoms with van der Waals surface area (Å²) in [6, 6.07) is 8.22. The van der Waals surface area contributed by atoms with Crippen LogP contribution in [0.5, 0.6) is 5.75 Å². The number of aliphatic hydroxyl groups is 1. The van der Waals surface area contributed by atoms with Crippen molar-refractivity contribution in [1.29, 1.82) is 0 Å². The number of rotatable bonds is 4. The molecular formula is C16H23NO3. The van der Waals surface area contributed by atoms with Gasteiger partial charge in [-0.25, -0.2) is 0 Å². The van der Waals surface area contributed by atoms with Gasteiger partial charge in [0.25, 0.3) is 0 Å². The van der Waals surface area contributed by atoms with Gasteiger partial charge in [-0.15, -0.1) is 0 Å². The Morgan fingerprint density at radius 3 is 2.80 bits per heavy atom. The third kappa shape index (κ3) is 3.14. The van der Waals surface area contributed by atoms with E-state index in [9.17, 15) is 5.11 Å². The highest BCUT2D eigenvalue weighted by molar-refractivity contribution is 5.37. The molecular weight excluding hydrogens is 254 g/mol. The van der Waals surface area contributed by atoms with Crippen LogP contribution < -0.4 is 4.74 Å². The summed E-state index contributed by atoms with van der Waals surface area (Å²) in [4.78, 5) is 2.18. The van der Waals surface area contributed by atoms with E-state index in [0.29, 0.717) is 19.8 Å². The van der Waals surface area contributed by atoms with E-state index in [1.54, 1.807) is 0 Å². The lowest BCUT2D eigenvalue weighted by Gasteiger charge is -2.36. The van der Waals surface area contributed by atoms with Crippen molar-refractivity contribution in [3.8, 4) is 5.75 Å². The van der Waals surface area contributed by atoms with Crippen LogP contribution in [-0.2, 0) is 11.2 Å². The van der Waals surface area contributed by atoms with Crippen LogP contribution in [0, 0.1) is 0 Å². The normalized spacial score (nSPS) is 24.4. The highest BCUT2D eigenvalue weighted by Crippen LogP contribution is 2.29. The van der Waals surface area contributed by atoms with E-state index >= 15 is 0 Å². The standard InChI is InChI=1S/C16H23NO3/c1-17(12-16(18)6-8-19-9-7-16)11-14-10-13-4-2-3-5-15(13)20-14/h2-5,14,18H,6-12H2,1H3. The Labute approximate surface area is 120 Å². The molecule has 2 aliphatic rings. The Balaban J connectivity index is 1.52. The lowest BCUT2D eigenvalue weighted by molar-refractivity contribution is -0.0789. The maximum Gasteiger partial charge on any atom is 0.123 e. The van der Waals surface area contributed by atoms with Crippen LogP contribution in [-0.4, -0.2) is 55.1 Å². The van der Waals surface area contributed by atoms with E-state index in [4.69, 9.17) is 9.47 Å². The molecule has 0 saturated carbocycles. The smallest absolute Gasteiger partial charge is 0.123 e. The van der Waals surface area contributed by atoms with Crippen LogP contribution in [0.25, 0.3) is 0 Å². The number of fused-ring (bicyclic) bond motifs is 1. The molecule has 1 aromatic rings. The highest BCUT2D eigenvalue weighted by Gasteiger charge is 2.32. The monoisotopic (exact) mass is 277 g/mol. The van der Waals surface area contributed by atoms with Gasteiger partial charge in [0.15, 0.2) is 0 Å². The molecule has 0 amide bonds. The Hall–Kier alpha value is -1.10. The average Bonchev–Trinajstić information content (AvgIpc) is 2.80. The Bertz CT molecular complexity index is 432. The molecule has 2 heterocycles. The fourth-order valence-electron chi connectivity index (χ4n) is 3.18. The molecule has 0 aromatic heterocycles. The van der Waals surface area contributed by atoms with E-state index in [-0.39, 0.29) is 6.10 Å². The second-order valence-electron chi connectivity index (χ2n) is 6.09. The van der Waals surface area contributed by atoms with Gasteiger partial charge in [0.2, 0.25) is 0 Å². The number of ether oxygens (including phenoxy) is 2. The van der Waals surface area contributed by atoms with Crippen LogP contribution in [0.2, 0.25) is 0 Å². The van der Waals surface area contributed by atoms with Gasteiger partial charge >= 0.3 is 0 Å². The molecule has 3 rings (SSSR count). The van der Waals surface area contributed by atoms with E-state index < -0.39 is 5.60 Å². The van der Waals surface area contributed by atoms with Crippen LogP contribution in [0.15, 0.2) is 24.3 Å². The van der Waals surface area contributed by atoms with Crippen LogP contribution in [0.4, 0.5) is 0 Å². The average molecular weight is 277 g/mol. The summed E-state index contributed by atoms with van der Waals surface area (Å²) in [6.07, 6.45) is 2.61. The first-order valence-corrected chi connectivity index (χ1v) is 7.38. The molecule has 2 aliphatic heterocycles. The second kappa shape index (κ2) is 5.72. The van der Waals surface area contributed by atoms with E-state index in [1.165, 1.54) is 5.56 Å². The first-order valence-electron chi connectivity index (χ1n) is 7.38. The number of hydrogen-bond acceptors (Lipinski definition) is 4. The van der Waals surface area contributed by atoms with Gasteiger partial charge in [0.1, 0.15) is 11.9 Å². The van der Waals surface area contributed by atoms with E-state index in [0.717, 1.165) is 31.6 Å². The largest absolute Gasteiger partial charge is 0.488 e. The Morgan fingerprint density at radius 1 is 1.30 bits per heavy atom. The minimum absolute atomic E-state index is 0.195. The lowest BCUT2D eigenvalue weighted by atomic mass is 9.94. The summed E-state index contributed by atoms with van der Waals surface area (Å²) in [7, 11) is 2.06. The zero-order valence-electron chi connectivity index (χ0n) is 12.0. The minimum Gasteiger partial charge on any atom is -0.488 e. The molecule has 1 saturated heterocycles. The first kappa shape index (κ1) is 13.9. The van der Waals surface area contributed by atoms with Crippen LogP contribution in [0.1, 0.15) is 18.4 Å². The number of benzene rings is 1. The SMILES string of the molecule is CN(CC1Cc2ccccc2O1)CC1(O)CCOCC1. The predicted octanol–water partition coefficient (Wildman–Crippen LogP) is 1.46. The quantitative estimate of drug-likeness (QED) is 0.905. The van der Waals surface area contributed by atoms with E-state index in [1.807, 2.05) is 12.1 Å². The Kier molecular flexibility index (Phi) is 3.96. The van der Waals surface area contributed by atoms with Gasteiger partial charge in [-0.1, -0.05) is 18.2 Å². The number of para-hydroxylation sites is 1. The highest BCUT2D eigenvalue weighted by atomic mass is 16.5. The molecule has 1 atom stereocenters. The van der Waals surface area contributed by atoms with Gasteiger partial charge in [0.05, 0.1) is 5.60 Å². The summed E-state index contributed by atoms with van der Waals surface area (Å²) in [6.45, 7) is 2.86. The molecule has 110 valence electrons. The summed E-state index contributed by atoms with van der Waals surface area (Å²) in [5, 5.41) is 10.5. The van der Waals surface area contributed by atoms with Crippen molar-refractivity contribution in [3.05, 3.63) is 29.8 Å². The third-order valence-corrected chi connectivity index (χ3v) is 4.22.